The summed E-state index contributed by atoms with van der Waals surface area (Å²) in [6.07, 6.45) is 0.104. The van der Waals surface area contributed by atoms with Gasteiger partial charge in [-0.05, 0) is 0 Å². The Kier molecular flexibility index (Phi) is 7.66. The average Bonchev–Trinajstić information content (AvgIpc) is 2.46. The van der Waals surface area contributed by atoms with Crippen LogP contribution in [0, 0.1) is 0 Å². The van der Waals surface area contributed by atoms with Crippen molar-refractivity contribution >= 4 is 26.4 Å². The van der Waals surface area contributed by atoms with Crippen molar-refractivity contribution in [3.05, 3.63) is 35.9 Å². The Bertz CT molecular complexity index is 512. The molecule has 24 heavy (non-hydrogen) atoms. The van der Waals surface area contributed by atoms with Gasteiger partial charge in [0.2, 0.25) is 0 Å². The molecule has 3 saturated heterocycles. The van der Waals surface area contributed by atoms with Gasteiger partial charge in [0.25, 0.3) is 0 Å². The third kappa shape index (κ3) is 6.43. The van der Waals surface area contributed by atoms with Crippen LogP contribution in [0.2, 0.25) is 0 Å². The van der Waals surface area contributed by atoms with Gasteiger partial charge >= 0.3 is 112 Å². The summed E-state index contributed by atoms with van der Waals surface area (Å²) in [5.74, 6) is 0. The van der Waals surface area contributed by atoms with Gasteiger partial charge in [0.05, 0.1) is 11.1 Å². The van der Waals surface area contributed by atoms with E-state index in [1.54, 1.807) is 0 Å². The molecule has 11 heteroatoms. The van der Waals surface area contributed by atoms with Crippen LogP contribution in [-0.4, -0.2) is 67.4 Å². The Morgan fingerprint density at radius 3 is 2.21 bits per heavy atom. The number of rotatable bonds is 1. The molecule has 1 aromatic carbocycles. The number of halogens is 3. The van der Waals surface area contributed by atoms with Crippen LogP contribution < -0.4 is 0 Å². The number of nitrogens with zero attached hydrogens (tertiary/aromatic N) is 1. The van der Waals surface area contributed by atoms with E-state index in [0.29, 0.717) is 0 Å². The van der Waals surface area contributed by atoms with E-state index >= 15 is 0 Å². The van der Waals surface area contributed by atoms with Gasteiger partial charge in [0.1, 0.15) is 0 Å². The first-order chi connectivity index (χ1) is 11.4. The van der Waals surface area contributed by atoms with Crippen LogP contribution in [0.15, 0.2) is 30.3 Å². The summed E-state index contributed by atoms with van der Waals surface area (Å²) >= 11 is -6.13. The fourth-order valence-corrected chi connectivity index (χ4v) is 4.62. The molecule has 2 bridgehead atoms. The summed E-state index contributed by atoms with van der Waals surface area (Å²) in [5, 5.41) is 0. The Hall–Kier alpha value is -0.497. The van der Waals surface area contributed by atoms with E-state index in [2.05, 4.69) is 29.2 Å². The molecule has 0 spiro atoms. The summed E-state index contributed by atoms with van der Waals surface area (Å²) in [6, 6.07) is 10.4. The minimum absolute atomic E-state index is 0.104. The molecule has 4 rings (SSSR count). The van der Waals surface area contributed by atoms with E-state index in [0.717, 1.165) is 32.8 Å². The number of fused-ring (bicyclic) bond motifs is 6. The second-order valence-electron chi connectivity index (χ2n) is 4.95. The number of hydrogen-bond donors (Lipinski definition) is 0. The van der Waals surface area contributed by atoms with Gasteiger partial charge in [-0.2, -0.15) is 13.2 Å². The molecule has 0 N–H and O–H groups in total. The van der Waals surface area contributed by atoms with E-state index in [-0.39, 0.29) is 6.10 Å². The molecule has 0 saturated carbocycles. The van der Waals surface area contributed by atoms with Crippen molar-refractivity contribution in [3.63, 3.8) is 0 Å². The summed E-state index contributed by atoms with van der Waals surface area (Å²) < 4.78 is 66.9. The van der Waals surface area contributed by atoms with Crippen LogP contribution in [0.5, 0.6) is 0 Å². The Morgan fingerprint density at radius 2 is 1.71 bits per heavy atom. The molecular formula is C13H16F3GeNO5S-. The standard InChI is InChI=1S/C12H16GeNO3.CHF3O2S/c1-2-4-11(5-3-1)12-10-14-6-8-15-13(17-12)16-9-7-14;2-1(3,4)7(5)6/h1-5,12H,6-10H2;(H,5,6)/p-1. The number of benzene rings is 1. The molecule has 0 aromatic heterocycles. The first kappa shape index (κ1) is 19.8. The second-order valence-corrected chi connectivity index (χ2v) is 8.63. The second kappa shape index (κ2) is 9.27. The topological polar surface area (TPSA) is 71.1 Å². The van der Waals surface area contributed by atoms with Crippen molar-refractivity contribution < 1.29 is 33.2 Å². The Labute approximate surface area is 145 Å². The fourth-order valence-electron chi connectivity index (χ4n) is 2.15. The molecule has 1 radical (unpaired) electrons. The zero-order chi connectivity index (χ0) is 17.6. The van der Waals surface area contributed by atoms with Crippen molar-refractivity contribution in [2.45, 2.75) is 11.6 Å². The van der Waals surface area contributed by atoms with Crippen molar-refractivity contribution in [1.82, 2.24) is 4.90 Å². The van der Waals surface area contributed by atoms with Crippen LogP contribution in [0.25, 0.3) is 0 Å². The van der Waals surface area contributed by atoms with Crippen LogP contribution in [0.1, 0.15) is 11.7 Å². The normalized spacial score (nSPS) is 26.5. The molecule has 3 fully saturated rings. The molecule has 6 nitrogen and oxygen atoms in total. The molecule has 2 unspecified atom stereocenters. The fraction of sp³-hybridized carbons (Fsp3) is 0.538. The Morgan fingerprint density at radius 1 is 1.17 bits per heavy atom. The van der Waals surface area contributed by atoms with Gasteiger partial charge in [-0.3, -0.25) is 4.21 Å². The predicted molar refractivity (Wildman–Crippen MR) is 79.3 cm³/mol. The third-order valence-electron chi connectivity index (χ3n) is 3.28. The molecule has 3 heterocycles. The summed E-state index contributed by atoms with van der Waals surface area (Å²) in [4.78, 5) is 2.35. The zero-order valence-corrected chi connectivity index (χ0v) is 15.4. The van der Waals surface area contributed by atoms with Crippen LogP contribution in [-0.2, 0) is 22.4 Å². The van der Waals surface area contributed by atoms with E-state index in [4.69, 9.17) is 20.1 Å². The van der Waals surface area contributed by atoms with Gasteiger partial charge in [0, 0.05) is 0 Å². The summed E-state index contributed by atoms with van der Waals surface area (Å²) in [6.45, 7) is 4.43. The third-order valence-corrected chi connectivity index (χ3v) is 6.50. The predicted octanol–water partition coefficient (Wildman–Crippen LogP) is 1.48. The van der Waals surface area contributed by atoms with E-state index in [1.807, 2.05) is 6.07 Å². The Balaban J connectivity index is 0.000000256. The number of hydrogen-bond acceptors (Lipinski definition) is 6. The SMILES string of the molecule is O=S([O-])C(F)(F)F.c1ccc(C2CN3CC[O][Ge]([O]CC3)[O]2)cc1. The maximum absolute atomic E-state index is 10.6. The monoisotopic (exact) mass is 429 g/mol. The number of alkyl halides is 3. The van der Waals surface area contributed by atoms with E-state index in [9.17, 15) is 13.2 Å². The van der Waals surface area contributed by atoms with Crippen molar-refractivity contribution in [1.29, 1.82) is 0 Å². The maximum atomic E-state index is 10.6. The molecule has 1 aromatic rings. The van der Waals surface area contributed by atoms with Crippen molar-refractivity contribution in [3.8, 4) is 0 Å². The van der Waals surface area contributed by atoms with E-state index in [1.165, 1.54) is 5.56 Å². The minimum atomic E-state index is -5.08. The van der Waals surface area contributed by atoms with Gasteiger partial charge in [-0.25, -0.2) is 0 Å². The molecule has 135 valence electrons. The molecule has 2 atom stereocenters. The zero-order valence-electron chi connectivity index (χ0n) is 12.5. The molecule has 3 aliphatic rings. The quantitative estimate of drug-likeness (QED) is 0.499. The molecule has 3 aliphatic heterocycles. The average molecular weight is 428 g/mol. The molecule has 0 amide bonds. The summed E-state index contributed by atoms with van der Waals surface area (Å²) in [7, 11) is 0. The van der Waals surface area contributed by atoms with Gasteiger partial charge in [-0.15, -0.1) is 0 Å². The molecule has 0 aliphatic carbocycles. The van der Waals surface area contributed by atoms with E-state index < -0.39 is 31.9 Å². The van der Waals surface area contributed by atoms with Gasteiger partial charge in [-0.1, -0.05) is 0 Å². The van der Waals surface area contributed by atoms with Crippen LogP contribution in [0.4, 0.5) is 13.2 Å². The van der Waals surface area contributed by atoms with Crippen molar-refractivity contribution in [2.75, 3.05) is 32.8 Å². The van der Waals surface area contributed by atoms with Crippen molar-refractivity contribution in [2.24, 2.45) is 0 Å². The van der Waals surface area contributed by atoms with Gasteiger partial charge in [0.15, 0.2) is 0 Å². The van der Waals surface area contributed by atoms with Crippen LogP contribution >= 0.6 is 0 Å². The first-order valence-electron chi connectivity index (χ1n) is 7.09. The molecular weight excluding hydrogens is 412 g/mol. The summed E-state index contributed by atoms with van der Waals surface area (Å²) in [5.41, 5.74) is -3.86. The van der Waals surface area contributed by atoms with Gasteiger partial charge < -0.3 is 4.55 Å². The first-order valence-corrected chi connectivity index (χ1v) is 10.7. The van der Waals surface area contributed by atoms with Crippen LogP contribution in [0.3, 0.4) is 0 Å².